The van der Waals surface area contributed by atoms with Gasteiger partial charge in [0.15, 0.2) is 11.6 Å². The first-order chi connectivity index (χ1) is 10.2. The third-order valence-electron chi connectivity index (χ3n) is 3.13. The van der Waals surface area contributed by atoms with Crippen LogP contribution in [-0.2, 0) is 0 Å². The number of anilines is 1. The van der Waals surface area contributed by atoms with Gasteiger partial charge in [-0.1, -0.05) is 18.2 Å². The van der Waals surface area contributed by atoms with Crippen LogP contribution in [0.4, 0.5) is 14.5 Å². The number of rotatable bonds is 2. The second kappa shape index (κ2) is 5.28. The lowest BCUT2D eigenvalue weighted by atomic mass is 10.1. The van der Waals surface area contributed by atoms with Crippen molar-refractivity contribution in [2.24, 2.45) is 0 Å². The molecule has 0 radical (unpaired) electrons. The van der Waals surface area contributed by atoms with E-state index < -0.39 is 17.5 Å². The van der Waals surface area contributed by atoms with Crippen LogP contribution in [0, 0.1) is 11.6 Å². The summed E-state index contributed by atoms with van der Waals surface area (Å²) in [6, 6.07) is 10.5. The number of nitrogens with one attached hydrogen (secondary N) is 1. The first-order valence-corrected chi connectivity index (χ1v) is 6.25. The molecule has 1 N–H and O–H groups in total. The third kappa shape index (κ3) is 2.45. The summed E-state index contributed by atoms with van der Waals surface area (Å²) < 4.78 is 26.8. The SMILES string of the molecule is O=C(Nc1cccc2cnccc12)c1cccc(F)c1F. The summed E-state index contributed by atoms with van der Waals surface area (Å²) in [5.41, 5.74) is 0.185. The molecule has 1 aromatic heterocycles. The van der Waals surface area contributed by atoms with E-state index in [4.69, 9.17) is 0 Å². The Kier molecular flexibility index (Phi) is 3.31. The molecular weight excluding hydrogens is 274 g/mol. The van der Waals surface area contributed by atoms with Gasteiger partial charge in [-0.05, 0) is 24.3 Å². The minimum Gasteiger partial charge on any atom is -0.321 e. The molecule has 0 atom stereocenters. The van der Waals surface area contributed by atoms with Gasteiger partial charge in [0.25, 0.3) is 5.91 Å². The zero-order chi connectivity index (χ0) is 14.8. The maximum Gasteiger partial charge on any atom is 0.258 e. The van der Waals surface area contributed by atoms with E-state index in [-0.39, 0.29) is 5.56 Å². The van der Waals surface area contributed by atoms with Crippen LogP contribution in [-0.4, -0.2) is 10.9 Å². The highest BCUT2D eigenvalue weighted by Crippen LogP contribution is 2.23. The Balaban J connectivity index is 1.99. The molecule has 0 bridgehead atoms. The molecule has 1 amide bonds. The summed E-state index contributed by atoms with van der Waals surface area (Å²) in [5.74, 6) is -2.90. The number of hydrogen-bond acceptors (Lipinski definition) is 2. The summed E-state index contributed by atoms with van der Waals surface area (Å²) in [7, 11) is 0. The molecule has 1 heterocycles. The van der Waals surface area contributed by atoms with Gasteiger partial charge in [-0.2, -0.15) is 0 Å². The van der Waals surface area contributed by atoms with Gasteiger partial charge in [0.1, 0.15) is 0 Å². The highest BCUT2D eigenvalue weighted by atomic mass is 19.2. The molecule has 0 unspecified atom stereocenters. The number of carbonyl (C=O) groups is 1. The molecule has 104 valence electrons. The van der Waals surface area contributed by atoms with Crippen molar-refractivity contribution in [3.05, 3.63) is 72.1 Å². The van der Waals surface area contributed by atoms with Crippen LogP contribution in [0.15, 0.2) is 54.9 Å². The van der Waals surface area contributed by atoms with Crippen molar-refractivity contribution in [1.82, 2.24) is 4.98 Å². The van der Waals surface area contributed by atoms with Crippen molar-refractivity contribution < 1.29 is 13.6 Å². The fourth-order valence-corrected chi connectivity index (χ4v) is 2.10. The molecule has 0 spiro atoms. The average molecular weight is 284 g/mol. The molecule has 0 aliphatic carbocycles. The fraction of sp³-hybridized carbons (Fsp3) is 0. The average Bonchev–Trinajstić information content (AvgIpc) is 2.50. The van der Waals surface area contributed by atoms with Crippen molar-refractivity contribution in [2.75, 3.05) is 5.32 Å². The van der Waals surface area contributed by atoms with Crippen molar-refractivity contribution in [3.63, 3.8) is 0 Å². The van der Waals surface area contributed by atoms with E-state index >= 15 is 0 Å². The van der Waals surface area contributed by atoms with E-state index in [0.29, 0.717) is 5.69 Å². The number of pyridine rings is 1. The molecule has 0 aliphatic rings. The molecule has 0 fully saturated rings. The molecule has 5 heteroatoms. The second-order valence-electron chi connectivity index (χ2n) is 4.46. The maximum atomic E-state index is 13.6. The van der Waals surface area contributed by atoms with Crippen LogP contribution in [0.25, 0.3) is 10.8 Å². The molecular formula is C16H10F2N2O. The van der Waals surface area contributed by atoms with Crippen LogP contribution < -0.4 is 5.32 Å². The van der Waals surface area contributed by atoms with E-state index in [1.807, 2.05) is 6.07 Å². The Labute approximate surface area is 119 Å². The van der Waals surface area contributed by atoms with Gasteiger partial charge < -0.3 is 5.32 Å². The Morgan fingerprint density at radius 1 is 1.05 bits per heavy atom. The van der Waals surface area contributed by atoms with Gasteiger partial charge >= 0.3 is 0 Å². The van der Waals surface area contributed by atoms with Gasteiger partial charge in [-0.3, -0.25) is 9.78 Å². The van der Waals surface area contributed by atoms with Crippen LogP contribution in [0.1, 0.15) is 10.4 Å². The van der Waals surface area contributed by atoms with E-state index in [2.05, 4.69) is 10.3 Å². The molecule has 3 rings (SSSR count). The number of aromatic nitrogens is 1. The van der Waals surface area contributed by atoms with Gasteiger partial charge in [0.05, 0.1) is 5.56 Å². The third-order valence-corrected chi connectivity index (χ3v) is 3.13. The minimum atomic E-state index is -1.16. The molecule has 0 saturated carbocycles. The Morgan fingerprint density at radius 3 is 2.71 bits per heavy atom. The highest BCUT2D eigenvalue weighted by Gasteiger charge is 2.15. The smallest absolute Gasteiger partial charge is 0.258 e. The van der Waals surface area contributed by atoms with Crippen LogP contribution >= 0.6 is 0 Å². The van der Waals surface area contributed by atoms with E-state index in [9.17, 15) is 13.6 Å². The highest BCUT2D eigenvalue weighted by molar-refractivity contribution is 6.09. The second-order valence-corrected chi connectivity index (χ2v) is 4.46. The number of carbonyl (C=O) groups excluding carboxylic acids is 1. The Morgan fingerprint density at radius 2 is 1.86 bits per heavy atom. The molecule has 2 aromatic carbocycles. The summed E-state index contributed by atoms with van der Waals surface area (Å²) in [6.45, 7) is 0. The summed E-state index contributed by atoms with van der Waals surface area (Å²) in [4.78, 5) is 16.1. The number of fused-ring (bicyclic) bond motifs is 1. The van der Waals surface area contributed by atoms with E-state index in [1.165, 1.54) is 12.1 Å². The molecule has 21 heavy (non-hydrogen) atoms. The predicted octanol–water partition coefficient (Wildman–Crippen LogP) is 3.77. The summed E-state index contributed by atoms with van der Waals surface area (Å²) in [6.07, 6.45) is 3.26. The summed E-state index contributed by atoms with van der Waals surface area (Å²) >= 11 is 0. The number of benzene rings is 2. The molecule has 0 aliphatic heterocycles. The number of nitrogens with zero attached hydrogens (tertiary/aromatic N) is 1. The van der Waals surface area contributed by atoms with Gasteiger partial charge in [0.2, 0.25) is 0 Å². The molecule has 3 nitrogen and oxygen atoms in total. The maximum absolute atomic E-state index is 13.6. The van der Waals surface area contributed by atoms with Crippen molar-refractivity contribution >= 4 is 22.4 Å². The van der Waals surface area contributed by atoms with Crippen molar-refractivity contribution in [1.29, 1.82) is 0 Å². The summed E-state index contributed by atoms with van der Waals surface area (Å²) in [5, 5.41) is 4.21. The van der Waals surface area contributed by atoms with Crippen LogP contribution in [0.3, 0.4) is 0 Å². The van der Waals surface area contributed by atoms with Gasteiger partial charge in [-0.25, -0.2) is 8.78 Å². The quantitative estimate of drug-likeness (QED) is 0.778. The first kappa shape index (κ1) is 13.2. The number of hydrogen-bond donors (Lipinski definition) is 1. The lowest BCUT2D eigenvalue weighted by Crippen LogP contribution is -2.14. The van der Waals surface area contributed by atoms with E-state index in [0.717, 1.165) is 16.8 Å². The van der Waals surface area contributed by atoms with Crippen LogP contribution in [0.5, 0.6) is 0 Å². The lowest BCUT2D eigenvalue weighted by molar-refractivity contribution is 0.102. The molecule has 0 saturated heterocycles. The monoisotopic (exact) mass is 284 g/mol. The minimum absolute atomic E-state index is 0.332. The topological polar surface area (TPSA) is 42.0 Å². The van der Waals surface area contributed by atoms with E-state index in [1.54, 1.807) is 30.6 Å². The van der Waals surface area contributed by atoms with Crippen molar-refractivity contribution in [2.45, 2.75) is 0 Å². The number of amides is 1. The fourth-order valence-electron chi connectivity index (χ4n) is 2.10. The largest absolute Gasteiger partial charge is 0.321 e. The van der Waals surface area contributed by atoms with Crippen LogP contribution in [0.2, 0.25) is 0 Å². The standard InChI is InChI=1S/C16H10F2N2O/c17-13-5-2-4-12(15(13)18)16(21)20-14-6-1-3-10-9-19-8-7-11(10)14/h1-9H,(H,20,21). The zero-order valence-electron chi connectivity index (χ0n) is 10.8. The zero-order valence-corrected chi connectivity index (χ0v) is 10.8. The number of halogens is 2. The van der Waals surface area contributed by atoms with Gasteiger partial charge in [-0.15, -0.1) is 0 Å². The van der Waals surface area contributed by atoms with Crippen molar-refractivity contribution in [3.8, 4) is 0 Å². The van der Waals surface area contributed by atoms with Gasteiger partial charge in [0, 0.05) is 28.9 Å². The first-order valence-electron chi connectivity index (χ1n) is 6.25. The molecule has 3 aromatic rings. The predicted molar refractivity (Wildman–Crippen MR) is 76.1 cm³/mol. The Hall–Kier alpha value is -2.82. The normalized spacial score (nSPS) is 10.6. The Bertz CT molecular complexity index is 828. The lowest BCUT2D eigenvalue weighted by Gasteiger charge is -2.09.